The first-order valence-corrected chi connectivity index (χ1v) is 8.86. The fourth-order valence-corrected chi connectivity index (χ4v) is 2.68. The van der Waals surface area contributed by atoms with Crippen LogP contribution in [0.25, 0.3) is 0 Å². The molecule has 0 saturated heterocycles. The van der Waals surface area contributed by atoms with Crippen LogP contribution in [0.5, 0.6) is 0 Å². The molecule has 24 heavy (non-hydrogen) atoms. The summed E-state index contributed by atoms with van der Waals surface area (Å²) in [6, 6.07) is 2.67. The van der Waals surface area contributed by atoms with E-state index in [1.165, 1.54) is 19.3 Å². The molecule has 1 unspecified atom stereocenters. The van der Waals surface area contributed by atoms with Crippen LogP contribution >= 0.6 is 0 Å². The number of carboxylic acids is 1. The Balaban J connectivity index is 2.46. The van der Waals surface area contributed by atoms with Gasteiger partial charge in [-0.15, -0.1) is 0 Å². The molecular weight excluding hydrogens is 305 g/mol. The largest absolute Gasteiger partial charge is 0.480 e. The van der Waals surface area contributed by atoms with Crippen LogP contribution in [0.1, 0.15) is 63.0 Å². The van der Waals surface area contributed by atoms with Gasteiger partial charge in [0.25, 0.3) is 0 Å². The van der Waals surface area contributed by atoms with Crippen molar-refractivity contribution in [2.24, 2.45) is 0 Å². The van der Waals surface area contributed by atoms with Crippen molar-refractivity contribution in [3.05, 3.63) is 41.2 Å². The van der Waals surface area contributed by atoms with Crippen LogP contribution in [-0.2, 0) is 4.79 Å². The standard InChI is InChI=1S/C20H30FNO2/c1-4-5-6-7-8-9-10-11-12-18(20(23)24)22-17-13-15(2)19(21)16(3)14-17/h8-9,13-14,18,22H,4-7,10-12H2,1-3H3,(H,23,24)/b9-8+. The maximum Gasteiger partial charge on any atom is 0.326 e. The monoisotopic (exact) mass is 335 g/mol. The molecule has 0 spiro atoms. The van der Waals surface area contributed by atoms with E-state index in [9.17, 15) is 14.3 Å². The van der Waals surface area contributed by atoms with Gasteiger partial charge in [-0.2, -0.15) is 0 Å². The van der Waals surface area contributed by atoms with E-state index in [2.05, 4.69) is 24.4 Å². The molecule has 0 aliphatic carbocycles. The first-order valence-electron chi connectivity index (χ1n) is 8.86. The Labute approximate surface area is 145 Å². The second kappa shape index (κ2) is 10.8. The molecule has 1 aromatic rings. The van der Waals surface area contributed by atoms with Gasteiger partial charge in [0.2, 0.25) is 0 Å². The zero-order chi connectivity index (χ0) is 17.9. The number of allylic oxidation sites excluding steroid dienone is 2. The quantitative estimate of drug-likeness (QED) is 0.408. The predicted octanol–water partition coefficient (Wildman–Crippen LogP) is 5.61. The number of aryl methyl sites for hydroxylation is 2. The molecule has 0 aliphatic rings. The normalized spacial score (nSPS) is 12.5. The van der Waals surface area contributed by atoms with E-state index in [1.54, 1.807) is 26.0 Å². The lowest BCUT2D eigenvalue weighted by Gasteiger charge is -2.16. The number of halogens is 1. The number of aliphatic carboxylic acids is 1. The molecule has 0 radical (unpaired) electrons. The van der Waals surface area contributed by atoms with E-state index in [1.807, 2.05) is 0 Å². The molecule has 134 valence electrons. The minimum atomic E-state index is -0.874. The highest BCUT2D eigenvalue weighted by atomic mass is 19.1. The molecular formula is C20H30FNO2. The molecule has 3 nitrogen and oxygen atoms in total. The van der Waals surface area contributed by atoms with Crippen molar-refractivity contribution in [2.75, 3.05) is 5.32 Å². The van der Waals surface area contributed by atoms with Crippen LogP contribution in [0.3, 0.4) is 0 Å². The van der Waals surface area contributed by atoms with Crippen LogP contribution in [0.2, 0.25) is 0 Å². The van der Waals surface area contributed by atoms with Gasteiger partial charge in [-0.25, -0.2) is 9.18 Å². The minimum absolute atomic E-state index is 0.236. The number of rotatable bonds is 11. The number of hydrogen-bond donors (Lipinski definition) is 2. The second-order valence-electron chi connectivity index (χ2n) is 6.36. The number of unbranched alkanes of at least 4 members (excludes halogenated alkanes) is 4. The summed E-state index contributed by atoms with van der Waals surface area (Å²) >= 11 is 0. The SMILES string of the molecule is CCCCC/C=C/CCCC(Nc1cc(C)c(F)c(C)c1)C(=O)O. The molecule has 0 heterocycles. The third-order valence-corrected chi connectivity index (χ3v) is 4.08. The van der Waals surface area contributed by atoms with Gasteiger partial charge in [-0.3, -0.25) is 0 Å². The summed E-state index contributed by atoms with van der Waals surface area (Å²) in [4.78, 5) is 11.4. The molecule has 1 atom stereocenters. The molecule has 0 aliphatic heterocycles. The van der Waals surface area contributed by atoms with E-state index in [0.717, 1.165) is 19.3 Å². The average Bonchev–Trinajstić information content (AvgIpc) is 2.53. The highest BCUT2D eigenvalue weighted by Gasteiger charge is 2.17. The predicted molar refractivity (Wildman–Crippen MR) is 98.1 cm³/mol. The van der Waals surface area contributed by atoms with Crippen molar-refractivity contribution in [1.82, 2.24) is 0 Å². The van der Waals surface area contributed by atoms with Crippen LogP contribution in [0.15, 0.2) is 24.3 Å². The van der Waals surface area contributed by atoms with Crippen LogP contribution in [0.4, 0.5) is 10.1 Å². The first-order chi connectivity index (χ1) is 11.5. The molecule has 0 saturated carbocycles. The fraction of sp³-hybridized carbons (Fsp3) is 0.550. The topological polar surface area (TPSA) is 49.3 Å². The molecule has 0 fully saturated rings. The van der Waals surface area contributed by atoms with E-state index < -0.39 is 12.0 Å². The molecule has 1 rings (SSSR count). The molecule has 4 heteroatoms. The number of carboxylic acid groups (broad SMARTS) is 1. The van der Waals surface area contributed by atoms with E-state index in [4.69, 9.17) is 0 Å². The third kappa shape index (κ3) is 7.16. The summed E-state index contributed by atoms with van der Waals surface area (Å²) < 4.78 is 13.7. The van der Waals surface area contributed by atoms with Crippen LogP contribution in [0, 0.1) is 19.7 Å². The average molecular weight is 335 g/mol. The van der Waals surface area contributed by atoms with Crippen molar-refractivity contribution in [2.45, 2.75) is 71.8 Å². The van der Waals surface area contributed by atoms with Crippen LogP contribution in [-0.4, -0.2) is 17.1 Å². The zero-order valence-electron chi connectivity index (χ0n) is 15.1. The van der Waals surface area contributed by atoms with Gasteiger partial charge in [-0.1, -0.05) is 31.9 Å². The van der Waals surface area contributed by atoms with Gasteiger partial charge in [0.15, 0.2) is 0 Å². The highest BCUT2D eigenvalue weighted by Crippen LogP contribution is 2.20. The van der Waals surface area contributed by atoms with Crippen LogP contribution < -0.4 is 5.32 Å². The Hall–Kier alpha value is -1.84. The van der Waals surface area contributed by atoms with Crippen molar-refractivity contribution < 1.29 is 14.3 Å². The zero-order valence-corrected chi connectivity index (χ0v) is 15.1. The van der Waals surface area contributed by atoms with Crippen molar-refractivity contribution >= 4 is 11.7 Å². The highest BCUT2D eigenvalue weighted by molar-refractivity contribution is 5.77. The van der Waals surface area contributed by atoms with Crippen molar-refractivity contribution in [3.8, 4) is 0 Å². The number of anilines is 1. The molecule has 0 aromatic heterocycles. The van der Waals surface area contributed by atoms with E-state index in [0.29, 0.717) is 23.2 Å². The third-order valence-electron chi connectivity index (χ3n) is 4.08. The second-order valence-corrected chi connectivity index (χ2v) is 6.36. The summed E-state index contributed by atoms with van der Waals surface area (Å²) in [6.07, 6.45) is 11.4. The van der Waals surface area contributed by atoms with Crippen molar-refractivity contribution in [3.63, 3.8) is 0 Å². The number of nitrogens with one attached hydrogen (secondary N) is 1. The number of hydrogen-bond acceptors (Lipinski definition) is 2. The summed E-state index contributed by atoms with van der Waals surface area (Å²) in [6.45, 7) is 5.56. The van der Waals surface area contributed by atoms with Gasteiger partial charge in [0.05, 0.1) is 0 Å². The molecule has 1 aromatic carbocycles. The van der Waals surface area contributed by atoms with Gasteiger partial charge >= 0.3 is 5.97 Å². The summed E-state index contributed by atoms with van der Waals surface area (Å²) in [5, 5.41) is 12.4. The summed E-state index contributed by atoms with van der Waals surface area (Å²) in [7, 11) is 0. The van der Waals surface area contributed by atoms with Gasteiger partial charge in [-0.05, 0) is 69.2 Å². The maximum absolute atomic E-state index is 13.7. The lowest BCUT2D eigenvalue weighted by atomic mass is 10.1. The summed E-state index contributed by atoms with van der Waals surface area (Å²) in [5.41, 5.74) is 1.71. The summed E-state index contributed by atoms with van der Waals surface area (Å²) in [5.74, 6) is -1.11. The van der Waals surface area contributed by atoms with E-state index >= 15 is 0 Å². The van der Waals surface area contributed by atoms with E-state index in [-0.39, 0.29) is 5.82 Å². The van der Waals surface area contributed by atoms with Gasteiger partial charge in [0.1, 0.15) is 11.9 Å². The fourth-order valence-electron chi connectivity index (χ4n) is 2.68. The Kier molecular flexibility index (Phi) is 9.13. The Morgan fingerprint density at radius 1 is 1.17 bits per heavy atom. The number of benzene rings is 1. The Bertz CT molecular complexity index is 532. The smallest absolute Gasteiger partial charge is 0.326 e. The van der Waals surface area contributed by atoms with Gasteiger partial charge in [0, 0.05) is 5.69 Å². The maximum atomic E-state index is 13.7. The minimum Gasteiger partial charge on any atom is -0.480 e. The molecule has 0 amide bonds. The molecule has 2 N–H and O–H groups in total. The number of carbonyl (C=O) groups is 1. The van der Waals surface area contributed by atoms with Gasteiger partial charge < -0.3 is 10.4 Å². The Morgan fingerprint density at radius 2 is 1.75 bits per heavy atom. The Morgan fingerprint density at radius 3 is 2.29 bits per heavy atom. The lowest BCUT2D eigenvalue weighted by Crippen LogP contribution is -2.29. The van der Waals surface area contributed by atoms with Crippen molar-refractivity contribution in [1.29, 1.82) is 0 Å². The lowest BCUT2D eigenvalue weighted by molar-refractivity contribution is -0.138. The first kappa shape index (κ1) is 20.2. The molecule has 0 bridgehead atoms.